The van der Waals surface area contributed by atoms with Crippen molar-refractivity contribution >= 4 is 17.7 Å². The maximum Gasteiger partial charge on any atom is 0.237 e. The lowest BCUT2D eigenvalue weighted by Crippen LogP contribution is -2.22. The summed E-state index contributed by atoms with van der Waals surface area (Å²) in [6.07, 6.45) is 5.74. The molecule has 1 aliphatic rings. The van der Waals surface area contributed by atoms with Gasteiger partial charge in [0.15, 0.2) is 5.16 Å². The molecule has 0 aliphatic carbocycles. The maximum absolute atomic E-state index is 5.54. The zero-order valence-electron chi connectivity index (χ0n) is 15.6. The van der Waals surface area contributed by atoms with Gasteiger partial charge >= 0.3 is 0 Å². The van der Waals surface area contributed by atoms with E-state index in [-0.39, 0.29) is 0 Å². The average molecular weight is 409 g/mol. The number of nitrogens with zero attached hydrogens (tertiary/aromatic N) is 7. The molecule has 0 N–H and O–H groups in total. The van der Waals surface area contributed by atoms with Crippen LogP contribution >= 0.6 is 11.8 Å². The number of pyridine rings is 1. The molecule has 0 unspecified atom stereocenters. The largest absolute Gasteiger partial charge is 0.467 e. The van der Waals surface area contributed by atoms with Crippen LogP contribution in [0.2, 0.25) is 0 Å². The molecule has 0 atom stereocenters. The topological polar surface area (TPSA) is 98.9 Å². The number of rotatable bonds is 7. The number of hydrogen-bond acceptors (Lipinski definition) is 9. The molecular weight excluding hydrogens is 390 g/mol. The van der Waals surface area contributed by atoms with Gasteiger partial charge in [0.2, 0.25) is 17.7 Å². The Morgan fingerprint density at radius 3 is 2.79 bits per heavy atom. The first-order chi connectivity index (χ1) is 14.4. The van der Waals surface area contributed by atoms with Crippen molar-refractivity contribution in [3.8, 4) is 11.5 Å². The standard InChI is InChI=1S/C19H19N7O2S/c1-2-8-20-15(7-1)17-21-16(28-24-17)13-29-19-23-22-18(25-9-3-4-10-25)26(19)12-14-6-5-11-27-14/h1-2,5-8,11H,3-4,9-10,12-13H2. The number of thioether (sulfide) groups is 1. The minimum absolute atomic E-state index is 0.482. The Balaban J connectivity index is 1.35. The predicted octanol–water partition coefficient (Wildman–Crippen LogP) is 3.26. The molecule has 10 heteroatoms. The van der Waals surface area contributed by atoms with Crippen molar-refractivity contribution in [1.82, 2.24) is 29.9 Å². The molecule has 5 heterocycles. The molecule has 29 heavy (non-hydrogen) atoms. The Morgan fingerprint density at radius 2 is 2.00 bits per heavy atom. The second-order valence-corrected chi connectivity index (χ2v) is 7.60. The van der Waals surface area contributed by atoms with E-state index < -0.39 is 0 Å². The van der Waals surface area contributed by atoms with E-state index in [2.05, 4.69) is 34.8 Å². The lowest BCUT2D eigenvalue weighted by molar-refractivity contribution is 0.391. The van der Waals surface area contributed by atoms with E-state index in [0.717, 1.165) is 30.0 Å². The fourth-order valence-electron chi connectivity index (χ4n) is 3.27. The van der Waals surface area contributed by atoms with E-state index in [9.17, 15) is 0 Å². The highest BCUT2D eigenvalue weighted by molar-refractivity contribution is 7.98. The Labute approximate surface area is 171 Å². The first kappa shape index (κ1) is 17.9. The third-order valence-electron chi connectivity index (χ3n) is 4.67. The molecule has 148 valence electrons. The molecule has 4 aromatic rings. The fraction of sp³-hybridized carbons (Fsp3) is 0.316. The van der Waals surface area contributed by atoms with Gasteiger partial charge < -0.3 is 13.8 Å². The molecule has 4 aromatic heterocycles. The Hall–Kier alpha value is -3.14. The van der Waals surface area contributed by atoms with E-state index in [1.807, 2.05) is 30.3 Å². The van der Waals surface area contributed by atoms with Gasteiger partial charge in [0.1, 0.15) is 11.5 Å². The number of aromatic nitrogens is 6. The SMILES string of the molecule is c1ccc(-c2noc(CSc3nnc(N4CCCC4)n3Cc3ccco3)n2)nc1. The monoisotopic (exact) mass is 409 g/mol. The van der Waals surface area contributed by atoms with Crippen LogP contribution in [-0.4, -0.2) is 43.0 Å². The quantitative estimate of drug-likeness (QED) is 0.426. The van der Waals surface area contributed by atoms with Gasteiger partial charge in [0.05, 0.1) is 18.6 Å². The van der Waals surface area contributed by atoms with Crippen LogP contribution in [0.15, 0.2) is 56.9 Å². The summed E-state index contributed by atoms with van der Waals surface area (Å²) in [5.74, 6) is 3.24. The summed E-state index contributed by atoms with van der Waals surface area (Å²) in [5.41, 5.74) is 0.685. The summed E-state index contributed by atoms with van der Waals surface area (Å²) in [4.78, 5) is 11.0. The fourth-order valence-corrected chi connectivity index (χ4v) is 4.04. The van der Waals surface area contributed by atoms with E-state index in [4.69, 9.17) is 8.94 Å². The van der Waals surface area contributed by atoms with Crippen molar-refractivity contribution in [2.45, 2.75) is 30.3 Å². The van der Waals surface area contributed by atoms with E-state index in [0.29, 0.717) is 29.7 Å². The molecule has 9 nitrogen and oxygen atoms in total. The van der Waals surface area contributed by atoms with Crippen LogP contribution in [0.25, 0.3) is 11.5 Å². The highest BCUT2D eigenvalue weighted by Crippen LogP contribution is 2.28. The molecular formula is C19H19N7O2S. The van der Waals surface area contributed by atoms with Crippen molar-refractivity contribution in [1.29, 1.82) is 0 Å². The summed E-state index contributed by atoms with van der Waals surface area (Å²) in [5, 5.41) is 13.7. The Bertz CT molecular complexity index is 1060. The minimum Gasteiger partial charge on any atom is -0.467 e. The molecule has 0 amide bonds. The van der Waals surface area contributed by atoms with Crippen LogP contribution in [0.3, 0.4) is 0 Å². The van der Waals surface area contributed by atoms with Crippen LogP contribution in [0.5, 0.6) is 0 Å². The summed E-state index contributed by atoms with van der Waals surface area (Å²) in [6, 6.07) is 9.44. The summed E-state index contributed by atoms with van der Waals surface area (Å²) >= 11 is 1.51. The molecule has 5 rings (SSSR count). The Morgan fingerprint density at radius 1 is 1.07 bits per heavy atom. The van der Waals surface area contributed by atoms with Crippen molar-refractivity contribution in [2.24, 2.45) is 0 Å². The number of hydrogen-bond donors (Lipinski definition) is 0. The molecule has 0 radical (unpaired) electrons. The van der Waals surface area contributed by atoms with Crippen molar-refractivity contribution in [3.05, 3.63) is 54.4 Å². The first-order valence-electron chi connectivity index (χ1n) is 9.44. The number of anilines is 1. The van der Waals surface area contributed by atoms with E-state index >= 15 is 0 Å². The van der Waals surface area contributed by atoms with Crippen molar-refractivity contribution in [3.63, 3.8) is 0 Å². The highest BCUT2D eigenvalue weighted by atomic mass is 32.2. The molecule has 0 bridgehead atoms. The van der Waals surface area contributed by atoms with Gasteiger partial charge in [-0.15, -0.1) is 10.2 Å². The second-order valence-electron chi connectivity index (χ2n) is 6.66. The molecule has 1 saturated heterocycles. The lowest BCUT2D eigenvalue weighted by Gasteiger charge is -2.17. The minimum atomic E-state index is 0.482. The van der Waals surface area contributed by atoms with Gasteiger partial charge in [0.25, 0.3) is 0 Å². The molecule has 0 aromatic carbocycles. The van der Waals surface area contributed by atoms with Gasteiger partial charge in [-0.25, -0.2) is 0 Å². The van der Waals surface area contributed by atoms with Crippen molar-refractivity contribution < 1.29 is 8.94 Å². The van der Waals surface area contributed by atoms with Crippen LogP contribution in [0.4, 0.5) is 5.95 Å². The average Bonchev–Trinajstić information content (AvgIpc) is 3.54. The summed E-state index contributed by atoms with van der Waals surface area (Å²) in [7, 11) is 0. The normalized spacial score (nSPS) is 14.0. The van der Waals surface area contributed by atoms with Crippen molar-refractivity contribution in [2.75, 3.05) is 18.0 Å². The summed E-state index contributed by atoms with van der Waals surface area (Å²) < 4.78 is 13.0. The van der Waals surface area contributed by atoms with Crippen LogP contribution in [0, 0.1) is 0 Å². The predicted molar refractivity (Wildman–Crippen MR) is 106 cm³/mol. The third kappa shape index (κ3) is 3.88. The van der Waals surface area contributed by atoms with Gasteiger partial charge in [-0.1, -0.05) is 23.0 Å². The van der Waals surface area contributed by atoms with E-state index in [1.54, 1.807) is 12.5 Å². The van der Waals surface area contributed by atoms with Gasteiger partial charge in [0, 0.05) is 19.3 Å². The molecule has 1 aliphatic heterocycles. The number of furan rings is 1. The molecule has 1 fully saturated rings. The maximum atomic E-state index is 5.54. The molecule has 0 saturated carbocycles. The summed E-state index contributed by atoms with van der Waals surface area (Å²) in [6.45, 7) is 2.58. The lowest BCUT2D eigenvalue weighted by atomic mass is 10.3. The first-order valence-corrected chi connectivity index (χ1v) is 10.4. The van der Waals surface area contributed by atoms with Gasteiger partial charge in [-0.2, -0.15) is 4.98 Å². The van der Waals surface area contributed by atoms with Gasteiger partial charge in [-0.3, -0.25) is 9.55 Å². The third-order valence-corrected chi connectivity index (χ3v) is 5.62. The molecule has 0 spiro atoms. The van der Waals surface area contributed by atoms with Crippen LogP contribution < -0.4 is 4.90 Å². The second kappa shape index (κ2) is 8.08. The van der Waals surface area contributed by atoms with Crippen LogP contribution in [-0.2, 0) is 12.3 Å². The zero-order chi connectivity index (χ0) is 19.5. The zero-order valence-corrected chi connectivity index (χ0v) is 16.5. The highest BCUT2D eigenvalue weighted by Gasteiger charge is 2.22. The smallest absolute Gasteiger partial charge is 0.237 e. The van der Waals surface area contributed by atoms with Crippen LogP contribution in [0.1, 0.15) is 24.5 Å². The Kier molecular flexibility index (Phi) is 4.99. The van der Waals surface area contributed by atoms with E-state index in [1.165, 1.54) is 24.6 Å². The van der Waals surface area contributed by atoms with Gasteiger partial charge in [-0.05, 0) is 37.1 Å².